The molecule has 27 heavy (non-hydrogen) atoms. The van der Waals surface area contributed by atoms with Gasteiger partial charge in [0.05, 0.1) is 4.90 Å². The maximum atomic E-state index is 12.1. The summed E-state index contributed by atoms with van der Waals surface area (Å²) < 4.78 is 31.0. The SMILES string of the molecule is CNS(=O)(=O)c1ccc(CCC(=O)Nc2ccc(OCCN)cc2)cc1.Cl. The highest BCUT2D eigenvalue weighted by atomic mass is 35.5. The zero-order valence-electron chi connectivity index (χ0n) is 15.0. The maximum absolute atomic E-state index is 12.1. The average Bonchev–Trinajstić information content (AvgIpc) is 2.66. The second kappa shape index (κ2) is 10.9. The molecule has 2 rings (SSSR count). The van der Waals surface area contributed by atoms with Gasteiger partial charge < -0.3 is 15.8 Å². The number of carbonyl (C=O) groups excluding carboxylic acids is 1. The molecule has 0 aliphatic heterocycles. The molecule has 148 valence electrons. The van der Waals surface area contributed by atoms with Crippen LogP contribution in [-0.2, 0) is 21.2 Å². The first-order chi connectivity index (χ1) is 12.4. The Labute approximate surface area is 165 Å². The van der Waals surface area contributed by atoms with Crippen LogP contribution in [0.1, 0.15) is 12.0 Å². The van der Waals surface area contributed by atoms with Gasteiger partial charge in [0.2, 0.25) is 15.9 Å². The Hall–Kier alpha value is -2.13. The van der Waals surface area contributed by atoms with E-state index >= 15 is 0 Å². The van der Waals surface area contributed by atoms with Crippen LogP contribution in [0.25, 0.3) is 0 Å². The summed E-state index contributed by atoms with van der Waals surface area (Å²) in [6.45, 7) is 0.889. The molecule has 0 unspecified atom stereocenters. The van der Waals surface area contributed by atoms with Gasteiger partial charge in [0.25, 0.3) is 0 Å². The highest BCUT2D eigenvalue weighted by molar-refractivity contribution is 7.89. The number of carbonyl (C=O) groups is 1. The molecule has 1 amide bonds. The fourth-order valence-electron chi connectivity index (χ4n) is 2.25. The molecule has 0 aromatic heterocycles. The molecule has 0 aliphatic carbocycles. The van der Waals surface area contributed by atoms with Gasteiger partial charge >= 0.3 is 0 Å². The number of rotatable bonds is 9. The van der Waals surface area contributed by atoms with Crippen LogP contribution >= 0.6 is 12.4 Å². The van der Waals surface area contributed by atoms with Crippen LogP contribution in [0.5, 0.6) is 5.75 Å². The topological polar surface area (TPSA) is 111 Å². The standard InChI is InChI=1S/C18H23N3O4S.ClH/c1-20-26(23,24)17-9-2-14(3-10-17)4-11-18(22)21-15-5-7-16(8-6-15)25-13-12-19;/h2-3,5-10,20H,4,11-13,19H2,1H3,(H,21,22);1H. The normalized spacial score (nSPS) is 10.7. The van der Waals surface area contributed by atoms with Crippen molar-refractivity contribution in [3.8, 4) is 5.75 Å². The number of ether oxygens (including phenoxy) is 1. The molecule has 0 heterocycles. The number of benzene rings is 2. The minimum atomic E-state index is -3.44. The van der Waals surface area contributed by atoms with E-state index in [0.717, 1.165) is 5.56 Å². The molecule has 9 heteroatoms. The van der Waals surface area contributed by atoms with E-state index in [9.17, 15) is 13.2 Å². The van der Waals surface area contributed by atoms with Crippen molar-refractivity contribution in [2.45, 2.75) is 17.7 Å². The van der Waals surface area contributed by atoms with Gasteiger partial charge in [0.15, 0.2) is 0 Å². The molecule has 0 saturated carbocycles. The first-order valence-corrected chi connectivity index (χ1v) is 9.68. The summed E-state index contributed by atoms with van der Waals surface area (Å²) in [7, 11) is -2.08. The first-order valence-electron chi connectivity index (χ1n) is 8.20. The number of amides is 1. The molecule has 0 aliphatic rings. The summed E-state index contributed by atoms with van der Waals surface area (Å²) in [5, 5.41) is 2.82. The second-order valence-electron chi connectivity index (χ2n) is 5.56. The second-order valence-corrected chi connectivity index (χ2v) is 7.45. The van der Waals surface area contributed by atoms with Crippen LogP contribution in [0.15, 0.2) is 53.4 Å². The molecular formula is C18H24ClN3O4S. The fraction of sp³-hybridized carbons (Fsp3) is 0.278. The molecule has 0 fully saturated rings. The number of halogens is 1. The van der Waals surface area contributed by atoms with E-state index in [1.807, 2.05) is 0 Å². The number of nitrogens with two attached hydrogens (primary N) is 1. The molecule has 0 saturated heterocycles. The van der Waals surface area contributed by atoms with Crippen LogP contribution in [0.2, 0.25) is 0 Å². The summed E-state index contributed by atoms with van der Waals surface area (Å²) in [6.07, 6.45) is 0.812. The molecule has 4 N–H and O–H groups in total. The summed E-state index contributed by atoms with van der Waals surface area (Å²) in [6, 6.07) is 13.5. The van der Waals surface area contributed by atoms with E-state index in [2.05, 4.69) is 10.0 Å². The van der Waals surface area contributed by atoms with E-state index in [0.29, 0.717) is 37.4 Å². The summed E-state index contributed by atoms with van der Waals surface area (Å²) in [4.78, 5) is 12.2. The van der Waals surface area contributed by atoms with Gasteiger partial charge in [-0.3, -0.25) is 4.79 Å². The number of aryl methyl sites for hydroxylation is 1. The van der Waals surface area contributed by atoms with Gasteiger partial charge in [-0.05, 0) is 55.4 Å². The number of sulfonamides is 1. The van der Waals surface area contributed by atoms with Crippen molar-refractivity contribution in [1.82, 2.24) is 4.72 Å². The summed E-state index contributed by atoms with van der Waals surface area (Å²) in [5.74, 6) is 0.581. The Balaban J connectivity index is 0.00000364. The molecule has 0 spiro atoms. The van der Waals surface area contributed by atoms with Crippen LogP contribution in [0, 0.1) is 0 Å². The molecule has 7 nitrogen and oxygen atoms in total. The molecule has 0 radical (unpaired) electrons. The number of anilines is 1. The Morgan fingerprint density at radius 1 is 1.07 bits per heavy atom. The number of hydrogen-bond acceptors (Lipinski definition) is 5. The third-order valence-electron chi connectivity index (χ3n) is 3.67. The third-order valence-corrected chi connectivity index (χ3v) is 5.10. The van der Waals surface area contributed by atoms with Crippen molar-refractivity contribution in [2.24, 2.45) is 5.73 Å². The van der Waals surface area contributed by atoms with Crippen molar-refractivity contribution >= 4 is 34.0 Å². The molecule has 2 aromatic rings. The van der Waals surface area contributed by atoms with Gasteiger partial charge in [-0.25, -0.2) is 13.1 Å². The van der Waals surface area contributed by atoms with Gasteiger partial charge in [-0.1, -0.05) is 12.1 Å². The van der Waals surface area contributed by atoms with E-state index in [1.54, 1.807) is 36.4 Å². The van der Waals surface area contributed by atoms with Gasteiger partial charge in [-0.15, -0.1) is 12.4 Å². The lowest BCUT2D eigenvalue weighted by molar-refractivity contribution is -0.116. The predicted octanol–water partition coefficient (Wildman–Crippen LogP) is 1.93. The number of hydrogen-bond donors (Lipinski definition) is 3. The molecular weight excluding hydrogens is 390 g/mol. The lowest BCUT2D eigenvalue weighted by Gasteiger charge is -2.08. The Morgan fingerprint density at radius 2 is 1.70 bits per heavy atom. The minimum Gasteiger partial charge on any atom is -0.492 e. The predicted molar refractivity (Wildman–Crippen MR) is 108 cm³/mol. The Bertz CT molecular complexity index is 825. The quantitative estimate of drug-likeness (QED) is 0.581. The lowest BCUT2D eigenvalue weighted by atomic mass is 10.1. The van der Waals surface area contributed by atoms with E-state index in [4.69, 9.17) is 10.5 Å². The van der Waals surface area contributed by atoms with Crippen molar-refractivity contribution < 1.29 is 17.9 Å². The van der Waals surface area contributed by atoms with E-state index < -0.39 is 10.0 Å². The Kier molecular flexibility index (Phi) is 9.23. The zero-order chi connectivity index (χ0) is 19.0. The lowest BCUT2D eigenvalue weighted by Crippen LogP contribution is -2.18. The first kappa shape index (κ1) is 22.9. The smallest absolute Gasteiger partial charge is 0.240 e. The zero-order valence-corrected chi connectivity index (χ0v) is 16.6. The summed E-state index contributed by atoms with van der Waals surface area (Å²) >= 11 is 0. The summed E-state index contributed by atoms with van der Waals surface area (Å²) in [5.41, 5.74) is 6.95. The van der Waals surface area contributed by atoms with Crippen molar-refractivity contribution in [3.05, 3.63) is 54.1 Å². The van der Waals surface area contributed by atoms with Crippen molar-refractivity contribution in [3.63, 3.8) is 0 Å². The van der Waals surface area contributed by atoms with Crippen LogP contribution < -0.4 is 20.5 Å². The molecule has 0 atom stereocenters. The Morgan fingerprint density at radius 3 is 2.26 bits per heavy atom. The molecule has 2 aromatic carbocycles. The minimum absolute atomic E-state index is 0. The highest BCUT2D eigenvalue weighted by Gasteiger charge is 2.11. The van der Waals surface area contributed by atoms with Crippen LogP contribution in [0.3, 0.4) is 0 Å². The largest absolute Gasteiger partial charge is 0.492 e. The van der Waals surface area contributed by atoms with E-state index in [-0.39, 0.29) is 23.2 Å². The van der Waals surface area contributed by atoms with Crippen LogP contribution in [-0.4, -0.2) is 34.5 Å². The van der Waals surface area contributed by atoms with Gasteiger partial charge in [0, 0.05) is 18.7 Å². The van der Waals surface area contributed by atoms with Crippen molar-refractivity contribution in [2.75, 3.05) is 25.5 Å². The fourth-order valence-corrected chi connectivity index (χ4v) is 2.98. The molecule has 0 bridgehead atoms. The monoisotopic (exact) mass is 413 g/mol. The van der Waals surface area contributed by atoms with Crippen molar-refractivity contribution in [1.29, 1.82) is 0 Å². The van der Waals surface area contributed by atoms with E-state index in [1.165, 1.54) is 19.2 Å². The highest BCUT2D eigenvalue weighted by Crippen LogP contribution is 2.16. The van der Waals surface area contributed by atoms with Gasteiger partial charge in [0.1, 0.15) is 12.4 Å². The van der Waals surface area contributed by atoms with Crippen LogP contribution in [0.4, 0.5) is 5.69 Å². The van der Waals surface area contributed by atoms with Gasteiger partial charge in [-0.2, -0.15) is 0 Å². The average molecular weight is 414 g/mol. The maximum Gasteiger partial charge on any atom is 0.240 e. The number of nitrogens with one attached hydrogen (secondary N) is 2. The third kappa shape index (κ3) is 7.18.